The first kappa shape index (κ1) is 9.05. The predicted molar refractivity (Wildman–Crippen MR) is 50.7 cm³/mol. The highest BCUT2D eigenvalue weighted by molar-refractivity contribution is 6.99. The van der Waals surface area contributed by atoms with E-state index in [1.165, 1.54) is 11.7 Å². The standard InChI is InChI=1S/C8H13N3OS/c12-8(2-1-3-9-6-8)4-7-5-10-13-11-7/h5,9,12H,1-4,6H2. The van der Waals surface area contributed by atoms with Gasteiger partial charge in [-0.1, -0.05) is 0 Å². The van der Waals surface area contributed by atoms with Crippen molar-refractivity contribution in [2.75, 3.05) is 13.1 Å². The molecule has 13 heavy (non-hydrogen) atoms. The van der Waals surface area contributed by atoms with Crippen LogP contribution in [0.5, 0.6) is 0 Å². The third-order valence-electron chi connectivity index (χ3n) is 2.37. The summed E-state index contributed by atoms with van der Waals surface area (Å²) in [4.78, 5) is 0. The quantitative estimate of drug-likeness (QED) is 0.714. The summed E-state index contributed by atoms with van der Waals surface area (Å²) in [7, 11) is 0. The fraction of sp³-hybridized carbons (Fsp3) is 0.750. The minimum atomic E-state index is -0.603. The highest BCUT2D eigenvalue weighted by Gasteiger charge is 2.29. The lowest BCUT2D eigenvalue weighted by molar-refractivity contribution is 0.0162. The smallest absolute Gasteiger partial charge is 0.0828 e. The van der Waals surface area contributed by atoms with Gasteiger partial charge in [-0.15, -0.1) is 0 Å². The summed E-state index contributed by atoms with van der Waals surface area (Å²) in [5.41, 5.74) is 0.296. The Hall–Kier alpha value is -0.520. The molecule has 1 saturated heterocycles. The average molecular weight is 199 g/mol. The van der Waals surface area contributed by atoms with Crippen molar-refractivity contribution < 1.29 is 5.11 Å². The lowest BCUT2D eigenvalue weighted by Gasteiger charge is -2.31. The van der Waals surface area contributed by atoms with Gasteiger partial charge in [0, 0.05) is 13.0 Å². The van der Waals surface area contributed by atoms with Gasteiger partial charge in [0.2, 0.25) is 0 Å². The number of hydrogen-bond acceptors (Lipinski definition) is 5. The zero-order chi connectivity index (χ0) is 9.15. The van der Waals surface area contributed by atoms with Gasteiger partial charge in [0.15, 0.2) is 0 Å². The number of aromatic nitrogens is 2. The second-order valence-electron chi connectivity index (χ2n) is 3.58. The molecule has 2 N–H and O–H groups in total. The van der Waals surface area contributed by atoms with E-state index in [1.54, 1.807) is 6.20 Å². The molecule has 1 aliphatic heterocycles. The van der Waals surface area contributed by atoms with Crippen molar-refractivity contribution in [1.82, 2.24) is 14.1 Å². The van der Waals surface area contributed by atoms with Crippen molar-refractivity contribution in [3.63, 3.8) is 0 Å². The Morgan fingerprint density at radius 2 is 2.62 bits per heavy atom. The molecule has 0 radical (unpaired) electrons. The number of rotatable bonds is 2. The topological polar surface area (TPSA) is 58.0 Å². The van der Waals surface area contributed by atoms with E-state index in [2.05, 4.69) is 14.1 Å². The number of hydrogen-bond donors (Lipinski definition) is 2. The van der Waals surface area contributed by atoms with E-state index in [0.717, 1.165) is 25.1 Å². The van der Waals surface area contributed by atoms with Crippen LogP contribution in [0, 0.1) is 0 Å². The van der Waals surface area contributed by atoms with Gasteiger partial charge in [0.05, 0.1) is 29.2 Å². The van der Waals surface area contributed by atoms with E-state index in [4.69, 9.17) is 0 Å². The highest BCUT2D eigenvalue weighted by atomic mass is 32.1. The molecule has 2 rings (SSSR count). The summed E-state index contributed by atoms with van der Waals surface area (Å²) >= 11 is 1.20. The Balaban J connectivity index is 1.99. The fourth-order valence-electron chi connectivity index (χ4n) is 1.70. The first-order valence-corrected chi connectivity index (χ1v) is 5.21. The summed E-state index contributed by atoms with van der Waals surface area (Å²) in [5, 5.41) is 13.3. The van der Waals surface area contributed by atoms with Crippen molar-refractivity contribution in [2.45, 2.75) is 24.9 Å². The molecular formula is C8H13N3OS. The van der Waals surface area contributed by atoms with Crippen LogP contribution in [0.15, 0.2) is 6.20 Å². The van der Waals surface area contributed by atoms with Gasteiger partial charge in [-0.2, -0.15) is 8.75 Å². The van der Waals surface area contributed by atoms with Crippen molar-refractivity contribution in [3.8, 4) is 0 Å². The van der Waals surface area contributed by atoms with E-state index in [-0.39, 0.29) is 0 Å². The van der Waals surface area contributed by atoms with Crippen LogP contribution in [0.3, 0.4) is 0 Å². The summed E-state index contributed by atoms with van der Waals surface area (Å²) in [6.45, 7) is 1.68. The average Bonchev–Trinajstić information content (AvgIpc) is 2.57. The molecule has 0 aliphatic carbocycles. The minimum absolute atomic E-state index is 0.603. The maximum absolute atomic E-state index is 10.1. The molecule has 1 unspecified atom stereocenters. The highest BCUT2D eigenvalue weighted by Crippen LogP contribution is 2.20. The van der Waals surface area contributed by atoms with Crippen LogP contribution in [0.2, 0.25) is 0 Å². The Labute approximate surface area is 81.3 Å². The van der Waals surface area contributed by atoms with Gasteiger partial charge in [-0.3, -0.25) is 0 Å². The SMILES string of the molecule is OC1(Cc2cnsn2)CCCNC1. The molecule has 1 aromatic rings. The molecule has 0 spiro atoms. The molecule has 0 aromatic carbocycles. The van der Waals surface area contributed by atoms with E-state index in [1.807, 2.05) is 0 Å². The van der Waals surface area contributed by atoms with Gasteiger partial charge < -0.3 is 10.4 Å². The Morgan fingerprint density at radius 1 is 1.69 bits per heavy atom. The molecule has 1 aliphatic rings. The van der Waals surface area contributed by atoms with E-state index in [9.17, 15) is 5.11 Å². The van der Waals surface area contributed by atoms with Crippen LogP contribution in [0.1, 0.15) is 18.5 Å². The zero-order valence-electron chi connectivity index (χ0n) is 7.36. The van der Waals surface area contributed by atoms with Crippen LogP contribution < -0.4 is 5.32 Å². The van der Waals surface area contributed by atoms with Crippen LogP contribution in [-0.4, -0.2) is 32.5 Å². The second-order valence-corrected chi connectivity index (χ2v) is 4.14. The molecule has 0 saturated carbocycles. The summed E-state index contributed by atoms with van der Waals surface area (Å²) in [5.74, 6) is 0. The molecule has 0 amide bonds. The third-order valence-corrected chi connectivity index (χ3v) is 2.88. The lowest BCUT2D eigenvalue weighted by atomic mass is 9.90. The maximum Gasteiger partial charge on any atom is 0.0828 e. The first-order valence-electron chi connectivity index (χ1n) is 4.48. The fourth-order valence-corrected chi connectivity index (χ4v) is 2.13. The molecule has 0 bridgehead atoms. The lowest BCUT2D eigenvalue weighted by Crippen LogP contribution is -2.47. The number of piperidine rings is 1. The summed E-state index contributed by atoms with van der Waals surface area (Å²) in [6, 6.07) is 0. The van der Waals surface area contributed by atoms with Crippen molar-refractivity contribution in [3.05, 3.63) is 11.9 Å². The maximum atomic E-state index is 10.1. The summed E-state index contributed by atoms with van der Waals surface area (Å²) < 4.78 is 8.02. The summed E-state index contributed by atoms with van der Waals surface area (Å²) in [6.07, 6.45) is 4.25. The first-order chi connectivity index (χ1) is 6.29. The van der Waals surface area contributed by atoms with E-state index in [0.29, 0.717) is 13.0 Å². The Morgan fingerprint density at radius 3 is 3.23 bits per heavy atom. The number of nitrogens with zero attached hydrogens (tertiary/aromatic N) is 2. The number of aliphatic hydroxyl groups is 1. The van der Waals surface area contributed by atoms with Crippen molar-refractivity contribution in [2.24, 2.45) is 0 Å². The largest absolute Gasteiger partial charge is 0.388 e. The molecule has 1 fully saturated rings. The van der Waals surface area contributed by atoms with Crippen LogP contribution in [0.4, 0.5) is 0 Å². The molecule has 2 heterocycles. The van der Waals surface area contributed by atoms with Gasteiger partial charge >= 0.3 is 0 Å². The predicted octanol–water partition coefficient (Wildman–Crippen LogP) is 0.195. The minimum Gasteiger partial charge on any atom is -0.388 e. The van der Waals surface area contributed by atoms with Gasteiger partial charge in [-0.25, -0.2) is 0 Å². The van der Waals surface area contributed by atoms with Crippen molar-refractivity contribution >= 4 is 11.7 Å². The van der Waals surface area contributed by atoms with E-state index < -0.39 is 5.60 Å². The van der Waals surface area contributed by atoms with Crippen LogP contribution >= 0.6 is 11.7 Å². The molecular weight excluding hydrogens is 186 g/mol. The monoisotopic (exact) mass is 199 g/mol. The van der Waals surface area contributed by atoms with Crippen molar-refractivity contribution in [1.29, 1.82) is 0 Å². The molecule has 1 atom stereocenters. The van der Waals surface area contributed by atoms with Crippen LogP contribution in [0.25, 0.3) is 0 Å². The Kier molecular flexibility index (Phi) is 2.57. The second kappa shape index (κ2) is 3.69. The molecule has 72 valence electrons. The van der Waals surface area contributed by atoms with E-state index >= 15 is 0 Å². The number of nitrogens with one attached hydrogen (secondary N) is 1. The number of β-amino-alcohol motifs (C(OH)–C–C–N with tert-alkyl or cyclic N) is 1. The molecule has 5 heteroatoms. The normalized spacial score (nSPS) is 29.0. The van der Waals surface area contributed by atoms with Gasteiger partial charge in [-0.05, 0) is 19.4 Å². The van der Waals surface area contributed by atoms with Gasteiger partial charge in [0.1, 0.15) is 0 Å². The Bertz CT molecular complexity index is 256. The molecule has 1 aromatic heterocycles. The zero-order valence-corrected chi connectivity index (χ0v) is 8.18. The van der Waals surface area contributed by atoms with Gasteiger partial charge in [0.25, 0.3) is 0 Å². The van der Waals surface area contributed by atoms with Crippen LogP contribution in [-0.2, 0) is 6.42 Å². The third kappa shape index (κ3) is 2.24. The molecule has 4 nitrogen and oxygen atoms in total.